The van der Waals surface area contributed by atoms with Crippen LogP contribution in [0.4, 0.5) is 11.5 Å². The minimum Gasteiger partial charge on any atom is -0.394 e. The number of aromatic nitrogens is 2. The predicted octanol–water partition coefficient (Wildman–Crippen LogP) is 1.55. The van der Waals surface area contributed by atoms with Crippen LogP contribution < -0.4 is 11.1 Å². The van der Waals surface area contributed by atoms with Gasteiger partial charge in [-0.15, -0.1) is 0 Å². The van der Waals surface area contributed by atoms with Crippen molar-refractivity contribution in [2.45, 2.75) is 33.2 Å². The van der Waals surface area contributed by atoms with Crippen LogP contribution in [0, 0.1) is 12.8 Å². The number of hydrogen-bond acceptors (Lipinski definition) is 4. The van der Waals surface area contributed by atoms with Gasteiger partial charge in [0, 0.05) is 13.1 Å². The highest BCUT2D eigenvalue weighted by atomic mass is 15.3. The Hall–Kier alpha value is -1.23. The summed E-state index contributed by atoms with van der Waals surface area (Å²) in [5, 5.41) is 7.92. The van der Waals surface area contributed by atoms with E-state index in [0.717, 1.165) is 36.2 Å². The standard InChI is InChI=1S/C13H25N5/c1-4-18-13(12(14)10(2)16-18)15-9-11-5-7-17(3)8-6-11/h11,15H,4-9,14H2,1-3H3. The number of nitrogen functional groups attached to an aromatic ring is 1. The molecule has 18 heavy (non-hydrogen) atoms. The number of anilines is 2. The fourth-order valence-corrected chi connectivity index (χ4v) is 2.52. The van der Waals surface area contributed by atoms with E-state index < -0.39 is 0 Å². The molecular weight excluding hydrogens is 226 g/mol. The van der Waals surface area contributed by atoms with Gasteiger partial charge in [-0.2, -0.15) is 5.10 Å². The first-order chi connectivity index (χ1) is 8.61. The van der Waals surface area contributed by atoms with Gasteiger partial charge in [-0.3, -0.25) is 0 Å². The summed E-state index contributed by atoms with van der Waals surface area (Å²) >= 11 is 0. The van der Waals surface area contributed by atoms with Crippen molar-refractivity contribution in [1.82, 2.24) is 14.7 Å². The monoisotopic (exact) mass is 251 g/mol. The topological polar surface area (TPSA) is 59.1 Å². The number of likely N-dealkylation sites (tertiary alicyclic amines) is 1. The van der Waals surface area contributed by atoms with Crippen LogP contribution in [0.1, 0.15) is 25.5 Å². The largest absolute Gasteiger partial charge is 0.394 e. The highest BCUT2D eigenvalue weighted by molar-refractivity contribution is 5.64. The molecule has 2 rings (SSSR count). The van der Waals surface area contributed by atoms with Gasteiger partial charge < -0.3 is 16.0 Å². The van der Waals surface area contributed by atoms with Gasteiger partial charge in [0.05, 0.1) is 11.4 Å². The van der Waals surface area contributed by atoms with Crippen LogP contribution in [-0.4, -0.2) is 41.4 Å². The lowest BCUT2D eigenvalue weighted by atomic mass is 9.97. The molecule has 0 aliphatic carbocycles. The molecule has 1 aliphatic heterocycles. The Bertz CT molecular complexity index is 390. The maximum absolute atomic E-state index is 6.06. The van der Waals surface area contributed by atoms with Crippen molar-refractivity contribution in [3.63, 3.8) is 0 Å². The smallest absolute Gasteiger partial charge is 0.148 e. The van der Waals surface area contributed by atoms with Crippen LogP contribution >= 0.6 is 0 Å². The fourth-order valence-electron chi connectivity index (χ4n) is 2.52. The van der Waals surface area contributed by atoms with E-state index in [1.54, 1.807) is 0 Å². The van der Waals surface area contributed by atoms with E-state index in [0.29, 0.717) is 0 Å². The molecule has 0 radical (unpaired) electrons. The first kappa shape index (κ1) is 13.2. The van der Waals surface area contributed by atoms with Crippen molar-refractivity contribution in [2.75, 3.05) is 37.7 Å². The van der Waals surface area contributed by atoms with Crippen LogP contribution in [-0.2, 0) is 6.54 Å². The zero-order valence-electron chi connectivity index (χ0n) is 11.7. The molecule has 0 amide bonds. The first-order valence-corrected chi connectivity index (χ1v) is 6.87. The van der Waals surface area contributed by atoms with Crippen molar-refractivity contribution < 1.29 is 0 Å². The molecule has 5 heteroatoms. The molecule has 1 aliphatic rings. The Morgan fingerprint density at radius 3 is 2.67 bits per heavy atom. The van der Waals surface area contributed by atoms with Crippen LogP contribution in [0.5, 0.6) is 0 Å². The van der Waals surface area contributed by atoms with Crippen LogP contribution in [0.25, 0.3) is 0 Å². The van der Waals surface area contributed by atoms with E-state index in [1.165, 1.54) is 25.9 Å². The zero-order valence-corrected chi connectivity index (χ0v) is 11.7. The van der Waals surface area contributed by atoms with Gasteiger partial charge in [-0.05, 0) is 52.7 Å². The first-order valence-electron chi connectivity index (χ1n) is 6.87. The third kappa shape index (κ3) is 2.77. The third-order valence-electron chi connectivity index (χ3n) is 3.87. The molecule has 5 nitrogen and oxygen atoms in total. The minimum absolute atomic E-state index is 0.751. The molecule has 0 spiro atoms. The third-order valence-corrected chi connectivity index (χ3v) is 3.87. The fraction of sp³-hybridized carbons (Fsp3) is 0.769. The number of hydrogen-bond donors (Lipinski definition) is 2. The molecule has 2 heterocycles. The maximum atomic E-state index is 6.06. The van der Waals surface area contributed by atoms with Gasteiger partial charge in [-0.1, -0.05) is 0 Å². The summed E-state index contributed by atoms with van der Waals surface area (Å²) in [5.41, 5.74) is 7.78. The zero-order chi connectivity index (χ0) is 13.1. The van der Waals surface area contributed by atoms with Gasteiger partial charge in [0.1, 0.15) is 5.82 Å². The molecule has 0 unspecified atom stereocenters. The summed E-state index contributed by atoms with van der Waals surface area (Å²) in [5.74, 6) is 1.75. The van der Waals surface area contributed by atoms with Crippen molar-refractivity contribution in [1.29, 1.82) is 0 Å². The van der Waals surface area contributed by atoms with Gasteiger partial charge in [0.15, 0.2) is 0 Å². The van der Waals surface area contributed by atoms with Crippen molar-refractivity contribution in [2.24, 2.45) is 5.92 Å². The van der Waals surface area contributed by atoms with Gasteiger partial charge in [-0.25, -0.2) is 4.68 Å². The Kier molecular flexibility index (Phi) is 4.11. The summed E-state index contributed by atoms with van der Waals surface area (Å²) < 4.78 is 1.96. The second-order valence-electron chi connectivity index (χ2n) is 5.29. The Morgan fingerprint density at radius 2 is 2.06 bits per heavy atom. The Labute approximate surface area is 109 Å². The van der Waals surface area contributed by atoms with Gasteiger partial charge >= 0.3 is 0 Å². The van der Waals surface area contributed by atoms with E-state index in [2.05, 4.69) is 29.3 Å². The van der Waals surface area contributed by atoms with Gasteiger partial charge in [0.2, 0.25) is 0 Å². The lowest BCUT2D eigenvalue weighted by Crippen LogP contribution is -2.33. The lowest BCUT2D eigenvalue weighted by Gasteiger charge is -2.29. The van der Waals surface area contributed by atoms with Crippen molar-refractivity contribution >= 4 is 11.5 Å². The number of nitrogens with two attached hydrogens (primary N) is 1. The summed E-state index contributed by atoms with van der Waals surface area (Å²) in [7, 11) is 2.19. The summed E-state index contributed by atoms with van der Waals surface area (Å²) in [6.45, 7) is 8.31. The van der Waals surface area contributed by atoms with Gasteiger partial charge in [0.25, 0.3) is 0 Å². The van der Waals surface area contributed by atoms with E-state index >= 15 is 0 Å². The number of nitrogens with one attached hydrogen (secondary N) is 1. The van der Waals surface area contributed by atoms with E-state index in [1.807, 2.05) is 11.6 Å². The Morgan fingerprint density at radius 1 is 1.39 bits per heavy atom. The number of aryl methyl sites for hydroxylation is 2. The molecular formula is C13H25N5. The van der Waals surface area contributed by atoms with E-state index in [-0.39, 0.29) is 0 Å². The molecule has 0 atom stereocenters. The quantitative estimate of drug-likeness (QED) is 0.852. The van der Waals surface area contributed by atoms with Crippen LogP contribution in [0.3, 0.4) is 0 Å². The molecule has 1 saturated heterocycles. The highest BCUT2D eigenvalue weighted by Gasteiger charge is 2.18. The molecule has 0 aromatic carbocycles. The van der Waals surface area contributed by atoms with Crippen molar-refractivity contribution in [3.8, 4) is 0 Å². The SMILES string of the molecule is CCn1nc(C)c(N)c1NCC1CCN(C)CC1. The van der Waals surface area contributed by atoms with Crippen LogP contribution in [0.15, 0.2) is 0 Å². The molecule has 1 aromatic rings. The molecule has 3 N–H and O–H groups in total. The summed E-state index contributed by atoms with van der Waals surface area (Å²) in [6, 6.07) is 0. The summed E-state index contributed by atoms with van der Waals surface area (Å²) in [4.78, 5) is 2.39. The summed E-state index contributed by atoms with van der Waals surface area (Å²) in [6.07, 6.45) is 2.53. The molecule has 102 valence electrons. The van der Waals surface area contributed by atoms with Crippen molar-refractivity contribution in [3.05, 3.63) is 5.69 Å². The minimum atomic E-state index is 0.751. The Balaban J connectivity index is 1.93. The maximum Gasteiger partial charge on any atom is 0.148 e. The number of rotatable bonds is 4. The molecule has 0 bridgehead atoms. The highest BCUT2D eigenvalue weighted by Crippen LogP contribution is 2.24. The second kappa shape index (κ2) is 5.61. The average Bonchev–Trinajstić information content (AvgIpc) is 2.65. The average molecular weight is 251 g/mol. The molecule has 0 saturated carbocycles. The molecule has 1 fully saturated rings. The number of nitrogens with zero attached hydrogens (tertiary/aromatic N) is 3. The van der Waals surface area contributed by atoms with E-state index in [9.17, 15) is 0 Å². The van der Waals surface area contributed by atoms with Crippen LogP contribution in [0.2, 0.25) is 0 Å². The predicted molar refractivity (Wildman–Crippen MR) is 75.8 cm³/mol. The molecule has 1 aromatic heterocycles. The lowest BCUT2D eigenvalue weighted by molar-refractivity contribution is 0.226. The second-order valence-corrected chi connectivity index (χ2v) is 5.29. The number of piperidine rings is 1. The van der Waals surface area contributed by atoms with E-state index in [4.69, 9.17) is 5.73 Å². The normalized spacial score (nSPS) is 18.2.